The Labute approximate surface area is 203 Å². The van der Waals surface area contributed by atoms with Crippen LogP contribution in [0.4, 0.5) is 5.69 Å². The molecule has 0 saturated heterocycles. The maximum atomic E-state index is 13.3. The van der Waals surface area contributed by atoms with E-state index in [-0.39, 0.29) is 18.6 Å². The number of rotatable bonds is 8. The van der Waals surface area contributed by atoms with Crippen molar-refractivity contribution in [1.29, 1.82) is 0 Å². The summed E-state index contributed by atoms with van der Waals surface area (Å²) in [5, 5.41) is 2.88. The number of nitrogens with zero attached hydrogens (tertiary/aromatic N) is 1. The first-order valence-corrected chi connectivity index (χ1v) is 10.9. The number of likely N-dealkylation sites (N-methyl/N-ethyl adjacent to an activating group) is 1. The van der Waals surface area contributed by atoms with Crippen molar-refractivity contribution >= 4 is 23.6 Å². The monoisotopic (exact) mass is 474 g/mol. The summed E-state index contributed by atoms with van der Waals surface area (Å²) in [5.41, 5.74) is 2.01. The number of methoxy groups -OCH3 is 2. The number of benzene rings is 3. The molecule has 1 heterocycles. The fourth-order valence-corrected chi connectivity index (χ4v) is 3.65. The van der Waals surface area contributed by atoms with Crippen LogP contribution in [0.3, 0.4) is 0 Å². The van der Waals surface area contributed by atoms with Crippen LogP contribution in [0.15, 0.2) is 72.8 Å². The number of hydrogen-bond acceptors (Lipinski definition) is 6. The normalized spacial score (nSPS) is 12.8. The fraction of sp³-hybridized carbons (Fsp3) is 0.185. The average molecular weight is 475 g/mol. The van der Waals surface area contributed by atoms with Gasteiger partial charge in [-0.1, -0.05) is 18.2 Å². The zero-order valence-electron chi connectivity index (χ0n) is 19.7. The third-order valence-corrected chi connectivity index (χ3v) is 5.59. The van der Waals surface area contributed by atoms with Crippen LogP contribution >= 0.6 is 0 Å². The molecule has 3 aromatic rings. The second kappa shape index (κ2) is 10.6. The number of fused-ring (bicyclic) bond motifs is 1. The van der Waals surface area contributed by atoms with Crippen LogP contribution in [-0.2, 0) is 9.59 Å². The predicted molar refractivity (Wildman–Crippen MR) is 132 cm³/mol. The number of carbonyl (C=O) groups excluding carboxylic acids is 2. The first-order valence-electron chi connectivity index (χ1n) is 10.9. The number of amides is 2. The topological polar surface area (TPSA) is 86.3 Å². The highest BCUT2D eigenvalue weighted by Crippen LogP contribution is 2.33. The molecule has 0 radical (unpaired) electrons. The number of nitrogens with one attached hydrogen (secondary N) is 1. The van der Waals surface area contributed by atoms with Crippen LogP contribution in [0, 0.1) is 0 Å². The summed E-state index contributed by atoms with van der Waals surface area (Å²) in [7, 11) is 4.74. The van der Waals surface area contributed by atoms with Gasteiger partial charge >= 0.3 is 0 Å². The number of carbonyl (C=O) groups is 2. The first kappa shape index (κ1) is 23.7. The molecular formula is C27H26N2O6. The molecule has 0 saturated carbocycles. The minimum Gasteiger partial charge on any atom is -0.497 e. The number of hydrogen-bond donors (Lipinski definition) is 1. The Balaban J connectivity index is 1.55. The quantitative estimate of drug-likeness (QED) is 0.491. The SMILES string of the molecule is COc1ccc(NC(=O)[C@@H](c2ccc(OC)cc2)N(C)C(=O)/C=C/c2ccc3c(c2)OCO3)cc1. The van der Waals surface area contributed by atoms with Gasteiger partial charge in [0.15, 0.2) is 11.5 Å². The third-order valence-electron chi connectivity index (χ3n) is 5.59. The molecular weight excluding hydrogens is 448 g/mol. The van der Waals surface area contributed by atoms with Gasteiger partial charge in [0.1, 0.15) is 17.5 Å². The van der Waals surface area contributed by atoms with E-state index in [1.165, 1.54) is 11.0 Å². The average Bonchev–Trinajstić information content (AvgIpc) is 3.36. The summed E-state index contributed by atoms with van der Waals surface area (Å²) in [6.07, 6.45) is 3.10. The molecule has 1 aliphatic heterocycles. The maximum Gasteiger partial charge on any atom is 0.251 e. The number of anilines is 1. The Morgan fingerprint density at radius 2 is 1.54 bits per heavy atom. The molecule has 35 heavy (non-hydrogen) atoms. The Kier molecular flexibility index (Phi) is 7.21. The van der Waals surface area contributed by atoms with Crippen molar-refractivity contribution in [2.75, 3.05) is 33.4 Å². The Morgan fingerprint density at radius 1 is 0.914 bits per heavy atom. The molecule has 0 unspecified atom stereocenters. The second-order valence-electron chi connectivity index (χ2n) is 7.79. The maximum absolute atomic E-state index is 13.3. The van der Waals surface area contributed by atoms with Gasteiger partial charge in [-0.3, -0.25) is 9.59 Å². The minimum atomic E-state index is -0.878. The third kappa shape index (κ3) is 5.55. The summed E-state index contributed by atoms with van der Waals surface area (Å²) in [4.78, 5) is 27.8. The molecule has 4 rings (SSSR count). The van der Waals surface area contributed by atoms with E-state index in [1.807, 2.05) is 6.07 Å². The lowest BCUT2D eigenvalue weighted by atomic mass is 10.0. The molecule has 180 valence electrons. The molecule has 1 atom stereocenters. The van der Waals surface area contributed by atoms with E-state index < -0.39 is 6.04 Å². The van der Waals surface area contributed by atoms with E-state index in [9.17, 15) is 9.59 Å². The molecule has 0 aromatic heterocycles. The standard InChI is InChI=1S/C27H26N2O6/c1-29(25(30)15-5-18-4-14-23-24(16-18)35-17-34-23)26(19-6-10-21(32-2)11-7-19)27(31)28-20-8-12-22(33-3)13-9-20/h4-16,26H,17H2,1-3H3,(H,28,31)/b15-5+/t26-/m1/s1. The van der Waals surface area contributed by atoms with Gasteiger partial charge in [-0.25, -0.2) is 0 Å². The largest absolute Gasteiger partial charge is 0.497 e. The molecule has 3 aromatic carbocycles. The van der Waals surface area contributed by atoms with Crippen molar-refractivity contribution in [3.8, 4) is 23.0 Å². The highest BCUT2D eigenvalue weighted by molar-refractivity contribution is 6.00. The summed E-state index contributed by atoms with van der Waals surface area (Å²) in [6, 6.07) is 18.6. The van der Waals surface area contributed by atoms with Crippen molar-refractivity contribution in [2.24, 2.45) is 0 Å². The summed E-state index contributed by atoms with van der Waals surface area (Å²) in [5.74, 6) is 1.93. The van der Waals surface area contributed by atoms with Crippen molar-refractivity contribution < 1.29 is 28.5 Å². The van der Waals surface area contributed by atoms with Crippen LogP contribution in [0.25, 0.3) is 6.08 Å². The van der Waals surface area contributed by atoms with E-state index in [0.717, 1.165) is 5.56 Å². The molecule has 0 aliphatic carbocycles. The molecule has 0 spiro atoms. The molecule has 8 nitrogen and oxygen atoms in total. The van der Waals surface area contributed by atoms with Crippen LogP contribution in [0.5, 0.6) is 23.0 Å². The molecule has 2 amide bonds. The first-order chi connectivity index (χ1) is 17.0. The van der Waals surface area contributed by atoms with E-state index in [4.69, 9.17) is 18.9 Å². The molecule has 8 heteroatoms. The lowest BCUT2D eigenvalue weighted by molar-refractivity contribution is -0.133. The van der Waals surface area contributed by atoms with Gasteiger partial charge in [0.05, 0.1) is 14.2 Å². The van der Waals surface area contributed by atoms with Gasteiger partial charge in [0, 0.05) is 18.8 Å². The van der Waals surface area contributed by atoms with Gasteiger partial charge in [0.25, 0.3) is 5.91 Å². The highest BCUT2D eigenvalue weighted by atomic mass is 16.7. The highest BCUT2D eigenvalue weighted by Gasteiger charge is 2.28. The summed E-state index contributed by atoms with van der Waals surface area (Å²) < 4.78 is 21.1. The van der Waals surface area contributed by atoms with Crippen molar-refractivity contribution in [3.05, 3.63) is 83.9 Å². The Bertz CT molecular complexity index is 1220. The van der Waals surface area contributed by atoms with Crippen LogP contribution in [-0.4, -0.2) is 44.8 Å². The van der Waals surface area contributed by atoms with Crippen LogP contribution in [0.2, 0.25) is 0 Å². The van der Waals surface area contributed by atoms with Gasteiger partial charge < -0.3 is 29.2 Å². The van der Waals surface area contributed by atoms with E-state index >= 15 is 0 Å². The Morgan fingerprint density at radius 3 is 2.20 bits per heavy atom. The van der Waals surface area contributed by atoms with Crippen molar-refractivity contribution in [1.82, 2.24) is 4.90 Å². The molecule has 1 N–H and O–H groups in total. The van der Waals surface area contributed by atoms with Gasteiger partial charge in [-0.2, -0.15) is 0 Å². The van der Waals surface area contributed by atoms with Crippen molar-refractivity contribution in [2.45, 2.75) is 6.04 Å². The predicted octanol–water partition coefficient (Wildman–Crippen LogP) is 4.28. The van der Waals surface area contributed by atoms with Gasteiger partial charge in [-0.15, -0.1) is 0 Å². The van der Waals surface area contributed by atoms with E-state index in [0.29, 0.717) is 34.2 Å². The zero-order valence-corrected chi connectivity index (χ0v) is 19.7. The van der Waals surface area contributed by atoms with Gasteiger partial charge in [-0.05, 0) is 65.7 Å². The van der Waals surface area contributed by atoms with E-state index in [2.05, 4.69) is 5.32 Å². The Hall–Kier alpha value is -4.46. The molecule has 0 bridgehead atoms. The molecule has 0 fully saturated rings. The zero-order chi connectivity index (χ0) is 24.8. The van der Waals surface area contributed by atoms with Crippen molar-refractivity contribution in [3.63, 3.8) is 0 Å². The lowest BCUT2D eigenvalue weighted by Crippen LogP contribution is -2.37. The fourth-order valence-electron chi connectivity index (χ4n) is 3.65. The second-order valence-corrected chi connectivity index (χ2v) is 7.79. The van der Waals surface area contributed by atoms with E-state index in [1.54, 1.807) is 88.0 Å². The summed E-state index contributed by atoms with van der Waals surface area (Å²) >= 11 is 0. The smallest absolute Gasteiger partial charge is 0.251 e. The van der Waals surface area contributed by atoms with Crippen LogP contribution in [0.1, 0.15) is 17.2 Å². The lowest BCUT2D eigenvalue weighted by Gasteiger charge is -2.27. The number of ether oxygens (including phenoxy) is 4. The minimum absolute atomic E-state index is 0.178. The van der Waals surface area contributed by atoms with Crippen LogP contribution < -0.4 is 24.3 Å². The summed E-state index contributed by atoms with van der Waals surface area (Å²) in [6.45, 7) is 0.178. The van der Waals surface area contributed by atoms with Gasteiger partial charge in [0.2, 0.25) is 12.7 Å². The molecule has 1 aliphatic rings.